The van der Waals surface area contributed by atoms with E-state index in [9.17, 15) is 4.79 Å². The van der Waals surface area contributed by atoms with Gasteiger partial charge in [-0.05, 0) is 49.4 Å². The van der Waals surface area contributed by atoms with Crippen molar-refractivity contribution in [3.8, 4) is 10.4 Å². The van der Waals surface area contributed by atoms with Crippen molar-refractivity contribution >= 4 is 29.7 Å². The molecule has 3 N–H and O–H groups in total. The van der Waals surface area contributed by atoms with Gasteiger partial charge in [0, 0.05) is 17.0 Å². The van der Waals surface area contributed by atoms with Gasteiger partial charge in [-0.2, -0.15) is 0 Å². The standard InChI is InChI=1S/C17H20N2OS.ClH/c1-17(2,18)10-19-16(20)14-9-12-8-7-11-5-3-4-6-13(11)15(12)21-14;/h3-6,9H,7-8,10,18H2,1-2H3,(H,19,20);1H. The second kappa shape index (κ2) is 6.41. The fourth-order valence-electron chi connectivity index (χ4n) is 2.58. The van der Waals surface area contributed by atoms with Crippen LogP contribution in [-0.2, 0) is 12.8 Å². The van der Waals surface area contributed by atoms with Gasteiger partial charge in [-0.1, -0.05) is 24.3 Å². The van der Waals surface area contributed by atoms with E-state index in [-0.39, 0.29) is 23.9 Å². The summed E-state index contributed by atoms with van der Waals surface area (Å²) in [5.74, 6) is -0.0228. The molecule has 0 unspecified atom stereocenters. The summed E-state index contributed by atoms with van der Waals surface area (Å²) in [5.41, 5.74) is 9.47. The molecule has 0 bridgehead atoms. The van der Waals surface area contributed by atoms with Gasteiger partial charge in [0.05, 0.1) is 4.88 Å². The fraction of sp³-hybridized carbons (Fsp3) is 0.353. The highest BCUT2D eigenvalue weighted by Crippen LogP contribution is 2.39. The molecule has 0 saturated carbocycles. The Morgan fingerprint density at radius 3 is 2.68 bits per heavy atom. The Morgan fingerprint density at radius 1 is 1.27 bits per heavy atom. The maximum atomic E-state index is 12.3. The van der Waals surface area contributed by atoms with Crippen molar-refractivity contribution in [2.45, 2.75) is 32.2 Å². The molecule has 1 amide bonds. The number of amides is 1. The van der Waals surface area contributed by atoms with Crippen LogP contribution in [0.4, 0.5) is 0 Å². The van der Waals surface area contributed by atoms with E-state index in [4.69, 9.17) is 5.73 Å². The van der Waals surface area contributed by atoms with Crippen LogP contribution < -0.4 is 11.1 Å². The van der Waals surface area contributed by atoms with Crippen LogP contribution in [0.1, 0.15) is 34.6 Å². The van der Waals surface area contributed by atoms with Gasteiger partial charge in [0.15, 0.2) is 0 Å². The molecule has 3 nitrogen and oxygen atoms in total. The summed E-state index contributed by atoms with van der Waals surface area (Å²) in [6.45, 7) is 4.29. The predicted octanol–water partition coefficient (Wildman–Crippen LogP) is 3.40. The van der Waals surface area contributed by atoms with Gasteiger partial charge >= 0.3 is 0 Å². The first-order valence-electron chi connectivity index (χ1n) is 7.22. The molecular weight excluding hydrogens is 316 g/mol. The zero-order chi connectivity index (χ0) is 15.0. The van der Waals surface area contributed by atoms with Crippen LogP contribution in [0.5, 0.6) is 0 Å². The average Bonchev–Trinajstić information content (AvgIpc) is 2.88. The van der Waals surface area contributed by atoms with E-state index in [1.165, 1.54) is 21.6 Å². The fourth-order valence-corrected chi connectivity index (χ4v) is 3.77. The number of halogens is 1. The smallest absolute Gasteiger partial charge is 0.261 e. The van der Waals surface area contributed by atoms with Gasteiger partial charge in [0.2, 0.25) is 0 Å². The van der Waals surface area contributed by atoms with Crippen LogP contribution in [-0.4, -0.2) is 18.0 Å². The Kier molecular flexibility index (Phi) is 4.95. The topological polar surface area (TPSA) is 55.1 Å². The van der Waals surface area contributed by atoms with E-state index in [1.807, 2.05) is 19.9 Å². The molecule has 5 heteroatoms. The molecule has 3 rings (SSSR count). The summed E-state index contributed by atoms with van der Waals surface area (Å²) in [6, 6.07) is 10.5. The highest BCUT2D eigenvalue weighted by Gasteiger charge is 2.22. The second-order valence-corrected chi connectivity index (χ2v) is 7.35. The van der Waals surface area contributed by atoms with Gasteiger partial charge in [0.1, 0.15) is 0 Å². The molecule has 1 aliphatic carbocycles. The van der Waals surface area contributed by atoms with Crippen molar-refractivity contribution in [2.24, 2.45) is 5.73 Å². The van der Waals surface area contributed by atoms with Gasteiger partial charge in [0.25, 0.3) is 5.91 Å². The quantitative estimate of drug-likeness (QED) is 0.902. The molecule has 1 aromatic carbocycles. The SMILES string of the molecule is CC(C)(N)CNC(=O)c1cc2c(s1)-c1ccccc1CC2.Cl. The van der Waals surface area contributed by atoms with Gasteiger partial charge in [-0.25, -0.2) is 0 Å². The van der Waals surface area contributed by atoms with Crippen molar-refractivity contribution in [3.05, 3.63) is 46.3 Å². The summed E-state index contributed by atoms with van der Waals surface area (Å²) in [5, 5.41) is 2.92. The van der Waals surface area contributed by atoms with Crippen molar-refractivity contribution in [1.29, 1.82) is 0 Å². The summed E-state index contributed by atoms with van der Waals surface area (Å²) >= 11 is 1.58. The number of carbonyl (C=O) groups excluding carboxylic acids is 1. The Labute approximate surface area is 141 Å². The van der Waals surface area contributed by atoms with Gasteiger partial charge in [-0.15, -0.1) is 23.7 Å². The van der Waals surface area contributed by atoms with Crippen molar-refractivity contribution in [3.63, 3.8) is 0 Å². The average molecular weight is 337 g/mol. The summed E-state index contributed by atoms with van der Waals surface area (Å²) < 4.78 is 0. The molecule has 0 aliphatic heterocycles. The lowest BCUT2D eigenvalue weighted by Crippen LogP contribution is -2.44. The first kappa shape index (κ1) is 17.0. The maximum Gasteiger partial charge on any atom is 0.261 e. The van der Waals surface area contributed by atoms with E-state index in [2.05, 4.69) is 29.6 Å². The van der Waals surface area contributed by atoms with Gasteiger partial charge in [-0.3, -0.25) is 4.79 Å². The number of nitrogens with one attached hydrogen (secondary N) is 1. The number of hydrogen-bond donors (Lipinski definition) is 2. The molecular formula is C17H21ClN2OS. The highest BCUT2D eigenvalue weighted by molar-refractivity contribution is 7.17. The number of hydrogen-bond acceptors (Lipinski definition) is 3. The number of thiophene rings is 1. The Bertz CT molecular complexity index is 688. The summed E-state index contributed by atoms with van der Waals surface area (Å²) in [6.07, 6.45) is 2.06. The Hall–Kier alpha value is -1.36. The number of aryl methyl sites for hydroxylation is 2. The molecule has 2 aromatic rings. The van der Waals surface area contributed by atoms with E-state index in [1.54, 1.807) is 11.3 Å². The molecule has 118 valence electrons. The van der Waals surface area contributed by atoms with Crippen LogP contribution >= 0.6 is 23.7 Å². The molecule has 0 radical (unpaired) electrons. The monoisotopic (exact) mass is 336 g/mol. The molecule has 0 atom stereocenters. The predicted molar refractivity (Wildman–Crippen MR) is 95.0 cm³/mol. The number of carbonyl (C=O) groups is 1. The second-order valence-electron chi connectivity index (χ2n) is 6.29. The Balaban J connectivity index is 0.00000176. The summed E-state index contributed by atoms with van der Waals surface area (Å²) in [4.78, 5) is 14.3. The lowest BCUT2D eigenvalue weighted by Gasteiger charge is -2.18. The number of benzene rings is 1. The molecule has 1 aromatic heterocycles. The van der Waals surface area contributed by atoms with E-state index >= 15 is 0 Å². The van der Waals surface area contributed by atoms with E-state index in [0.717, 1.165) is 17.7 Å². The van der Waals surface area contributed by atoms with Crippen LogP contribution in [0, 0.1) is 0 Å². The first-order chi connectivity index (χ1) is 9.94. The van der Waals surface area contributed by atoms with Crippen LogP contribution in [0.3, 0.4) is 0 Å². The molecule has 0 saturated heterocycles. The Morgan fingerprint density at radius 2 is 1.95 bits per heavy atom. The maximum absolute atomic E-state index is 12.3. The minimum atomic E-state index is -0.390. The highest BCUT2D eigenvalue weighted by atomic mass is 35.5. The van der Waals surface area contributed by atoms with Crippen molar-refractivity contribution in [1.82, 2.24) is 5.32 Å². The van der Waals surface area contributed by atoms with Crippen molar-refractivity contribution < 1.29 is 4.79 Å². The third kappa shape index (κ3) is 3.51. The minimum Gasteiger partial charge on any atom is -0.350 e. The lowest BCUT2D eigenvalue weighted by atomic mass is 9.91. The molecule has 22 heavy (non-hydrogen) atoms. The molecule has 1 aliphatic rings. The molecule has 0 spiro atoms. The third-order valence-corrected chi connectivity index (χ3v) is 4.87. The lowest BCUT2D eigenvalue weighted by molar-refractivity contribution is 0.0950. The summed E-state index contributed by atoms with van der Waals surface area (Å²) in [7, 11) is 0. The molecule has 1 heterocycles. The minimum absolute atomic E-state index is 0. The van der Waals surface area contributed by atoms with Crippen LogP contribution in [0.25, 0.3) is 10.4 Å². The van der Waals surface area contributed by atoms with Gasteiger partial charge < -0.3 is 11.1 Å². The molecule has 0 fully saturated rings. The normalized spacial score (nSPS) is 12.9. The zero-order valence-electron chi connectivity index (χ0n) is 12.8. The number of nitrogens with two attached hydrogens (primary N) is 1. The first-order valence-corrected chi connectivity index (χ1v) is 8.04. The largest absolute Gasteiger partial charge is 0.350 e. The number of rotatable bonds is 3. The van der Waals surface area contributed by atoms with E-state index < -0.39 is 0 Å². The zero-order valence-corrected chi connectivity index (χ0v) is 14.4. The van der Waals surface area contributed by atoms with Crippen molar-refractivity contribution in [2.75, 3.05) is 6.54 Å². The number of fused-ring (bicyclic) bond motifs is 3. The van der Waals surface area contributed by atoms with Crippen LogP contribution in [0.2, 0.25) is 0 Å². The van der Waals surface area contributed by atoms with E-state index in [0.29, 0.717) is 6.54 Å². The van der Waals surface area contributed by atoms with Crippen LogP contribution in [0.15, 0.2) is 30.3 Å². The third-order valence-electron chi connectivity index (χ3n) is 3.66.